The van der Waals surface area contributed by atoms with Crippen LogP contribution in [0.4, 0.5) is 0 Å². The maximum Gasteiger partial charge on any atom is 0.127 e. The first-order valence-corrected chi connectivity index (χ1v) is 6.92. The molecule has 0 amide bonds. The van der Waals surface area contributed by atoms with Gasteiger partial charge in [-0.2, -0.15) is 0 Å². The molecule has 0 unspecified atom stereocenters. The van der Waals surface area contributed by atoms with Gasteiger partial charge in [0.15, 0.2) is 0 Å². The van der Waals surface area contributed by atoms with Crippen LogP contribution in [0.3, 0.4) is 0 Å². The van der Waals surface area contributed by atoms with E-state index in [1.807, 2.05) is 13.0 Å². The molecule has 0 N–H and O–H groups in total. The fraction of sp³-hybridized carbons (Fsp3) is 0.231. The number of aromatic nitrogens is 2. The van der Waals surface area contributed by atoms with Crippen molar-refractivity contribution in [2.75, 3.05) is 0 Å². The molecule has 0 aliphatic heterocycles. The van der Waals surface area contributed by atoms with Crippen LogP contribution in [0.25, 0.3) is 0 Å². The average molecular weight is 309 g/mol. The van der Waals surface area contributed by atoms with Crippen molar-refractivity contribution in [3.63, 3.8) is 0 Å². The predicted molar refractivity (Wildman–Crippen MR) is 74.5 cm³/mol. The Morgan fingerprint density at radius 3 is 2.47 bits per heavy atom. The van der Waals surface area contributed by atoms with E-state index in [2.05, 4.69) is 57.9 Å². The molecule has 0 saturated heterocycles. The van der Waals surface area contributed by atoms with Crippen LogP contribution >= 0.6 is 27.7 Å². The second kappa shape index (κ2) is 5.19. The lowest BCUT2D eigenvalue weighted by molar-refractivity contribution is 0.950. The van der Waals surface area contributed by atoms with Crippen molar-refractivity contribution in [2.45, 2.75) is 30.7 Å². The van der Waals surface area contributed by atoms with E-state index >= 15 is 0 Å². The highest BCUT2D eigenvalue weighted by Gasteiger charge is 2.05. The van der Waals surface area contributed by atoms with E-state index in [9.17, 15) is 0 Å². The van der Waals surface area contributed by atoms with Crippen LogP contribution in [0.5, 0.6) is 0 Å². The summed E-state index contributed by atoms with van der Waals surface area (Å²) >= 11 is 5.06. The molecule has 0 aliphatic rings. The molecular weight excluding hydrogens is 296 g/mol. The molecule has 1 aromatic carbocycles. The minimum atomic E-state index is 0.784. The molecule has 1 aromatic heterocycles. The Labute approximate surface area is 114 Å². The van der Waals surface area contributed by atoms with Crippen LogP contribution in [-0.4, -0.2) is 9.97 Å². The van der Waals surface area contributed by atoms with Gasteiger partial charge < -0.3 is 0 Å². The van der Waals surface area contributed by atoms with E-state index in [0.717, 1.165) is 15.5 Å². The fourth-order valence-corrected chi connectivity index (χ4v) is 3.14. The van der Waals surface area contributed by atoms with Crippen LogP contribution < -0.4 is 0 Å². The number of hydrogen-bond acceptors (Lipinski definition) is 3. The quantitative estimate of drug-likeness (QED) is 0.773. The first-order valence-electron chi connectivity index (χ1n) is 5.31. The van der Waals surface area contributed by atoms with Crippen molar-refractivity contribution < 1.29 is 0 Å². The van der Waals surface area contributed by atoms with E-state index < -0.39 is 0 Å². The smallest absolute Gasteiger partial charge is 0.127 e. The van der Waals surface area contributed by atoms with Gasteiger partial charge in [-0.05, 0) is 48.3 Å². The standard InChI is InChI=1S/C13H13BrN2S/c1-8-4-5-11(9(2)6-8)17-13-7-12(14)15-10(3)16-13/h4-7H,1-3H3. The van der Waals surface area contributed by atoms with Gasteiger partial charge in [-0.15, -0.1) is 0 Å². The number of rotatable bonds is 2. The van der Waals surface area contributed by atoms with Gasteiger partial charge in [0.2, 0.25) is 0 Å². The number of halogens is 1. The lowest BCUT2D eigenvalue weighted by Crippen LogP contribution is -1.91. The zero-order valence-electron chi connectivity index (χ0n) is 9.99. The lowest BCUT2D eigenvalue weighted by atomic mass is 10.2. The second-order valence-corrected chi connectivity index (χ2v) is 5.82. The Kier molecular flexibility index (Phi) is 3.84. The van der Waals surface area contributed by atoms with Gasteiger partial charge in [0.1, 0.15) is 15.5 Å². The maximum absolute atomic E-state index is 4.41. The summed E-state index contributed by atoms with van der Waals surface area (Å²) < 4.78 is 0.831. The fourth-order valence-electron chi connectivity index (χ4n) is 1.58. The number of nitrogens with zero attached hydrogens (tertiary/aromatic N) is 2. The summed E-state index contributed by atoms with van der Waals surface area (Å²) in [6.07, 6.45) is 0. The van der Waals surface area contributed by atoms with Crippen molar-refractivity contribution >= 4 is 27.7 Å². The Hall–Kier alpha value is -0.870. The third kappa shape index (κ3) is 3.30. The predicted octanol–water partition coefficient (Wildman–Crippen LogP) is 4.32. The van der Waals surface area contributed by atoms with E-state index in [1.165, 1.54) is 16.0 Å². The van der Waals surface area contributed by atoms with Gasteiger partial charge >= 0.3 is 0 Å². The van der Waals surface area contributed by atoms with Crippen LogP contribution in [0.1, 0.15) is 17.0 Å². The van der Waals surface area contributed by atoms with Gasteiger partial charge in [-0.3, -0.25) is 0 Å². The Balaban J connectivity index is 2.31. The van der Waals surface area contributed by atoms with Crippen molar-refractivity contribution in [1.29, 1.82) is 0 Å². The largest absolute Gasteiger partial charge is 0.226 e. The molecule has 88 valence electrons. The SMILES string of the molecule is Cc1ccc(Sc2cc(Br)nc(C)n2)c(C)c1. The lowest BCUT2D eigenvalue weighted by Gasteiger charge is -2.06. The van der Waals surface area contributed by atoms with Crippen molar-refractivity contribution in [2.24, 2.45) is 0 Å². The summed E-state index contributed by atoms with van der Waals surface area (Å²) in [6, 6.07) is 8.39. The summed E-state index contributed by atoms with van der Waals surface area (Å²) in [5.74, 6) is 0.784. The number of benzene rings is 1. The first kappa shape index (κ1) is 12.6. The van der Waals surface area contributed by atoms with Gasteiger partial charge in [0, 0.05) is 11.0 Å². The highest BCUT2D eigenvalue weighted by Crippen LogP contribution is 2.30. The Morgan fingerprint density at radius 1 is 1.06 bits per heavy atom. The highest BCUT2D eigenvalue weighted by molar-refractivity contribution is 9.10. The third-order valence-electron chi connectivity index (χ3n) is 2.33. The normalized spacial score (nSPS) is 10.6. The maximum atomic E-state index is 4.41. The Morgan fingerprint density at radius 2 is 1.82 bits per heavy atom. The third-order valence-corrected chi connectivity index (χ3v) is 3.83. The summed E-state index contributed by atoms with van der Waals surface area (Å²) in [4.78, 5) is 9.86. The van der Waals surface area contributed by atoms with E-state index in [-0.39, 0.29) is 0 Å². The Bertz CT molecular complexity index is 535. The van der Waals surface area contributed by atoms with Gasteiger partial charge in [-0.25, -0.2) is 9.97 Å². The monoisotopic (exact) mass is 308 g/mol. The zero-order valence-corrected chi connectivity index (χ0v) is 12.4. The zero-order chi connectivity index (χ0) is 12.4. The number of aryl methyl sites for hydroxylation is 3. The molecule has 0 radical (unpaired) electrons. The molecule has 17 heavy (non-hydrogen) atoms. The summed E-state index contributed by atoms with van der Waals surface area (Å²) in [6.45, 7) is 6.13. The van der Waals surface area contributed by atoms with Crippen LogP contribution in [0, 0.1) is 20.8 Å². The van der Waals surface area contributed by atoms with Crippen molar-refractivity contribution in [3.8, 4) is 0 Å². The summed E-state index contributed by atoms with van der Waals surface area (Å²) in [5, 5.41) is 0.969. The molecule has 0 saturated carbocycles. The first-order chi connectivity index (χ1) is 8.04. The van der Waals surface area contributed by atoms with E-state index in [0.29, 0.717) is 0 Å². The molecule has 0 bridgehead atoms. The van der Waals surface area contributed by atoms with E-state index in [1.54, 1.807) is 11.8 Å². The van der Waals surface area contributed by atoms with Crippen LogP contribution in [-0.2, 0) is 0 Å². The molecule has 2 aromatic rings. The molecule has 0 aliphatic carbocycles. The topological polar surface area (TPSA) is 25.8 Å². The molecule has 1 heterocycles. The molecular formula is C13H13BrN2S. The van der Waals surface area contributed by atoms with Gasteiger partial charge in [-0.1, -0.05) is 29.5 Å². The number of hydrogen-bond donors (Lipinski definition) is 0. The van der Waals surface area contributed by atoms with Crippen LogP contribution in [0.2, 0.25) is 0 Å². The molecule has 2 nitrogen and oxygen atoms in total. The van der Waals surface area contributed by atoms with E-state index in [4.69, 9.17) is 0 Å². The van der Waals surface area contributed by atoms with Crippen molar-refractivity contribution in [3.05, 3.63) is 45.8 Å². The molecule has 0 spiro atoms. The highest BCUT2D eigenvalue weighted by atomic mass is 79.9. The molecule has 0 fully saturated rings. The summed E-state index contributed by atoms with van der Waals surface area (Å²) in [7, 11) is 0. The minimum absolute atomic E-state index is 0.784. The second-order valence-electron chi connectivity index (χ2n) is 3.95. The molecule has 2 rings (SSSR count). The van der Waals surface area contributed by atoms with Gasteiger partial charge in [0.25, 0.3) is 0 Å². The van der Waals surface area contributed by atoms with Gasteiger partial charge in [0.05, 0.1) is 0 Å². The molecule has 4 heteroatoms. The van der Waals surface area contributed by atoms with Crippen molar-refractivity contribution in [1.82, 2.24) is 9.97 Å². The van der Waals surface area contributed by atoms with Crippen LogP contribution in [0.15, 0.2) is 38.8 Å². The summed E-state index contributed by atoms with van der Waals surface area (Å²) in [5.41, 5.74) is 2.56. The molecule has 0 atom stereocenters. The minimum Gasteiger partial charge on any atom is -0.226 e. The average Bonchev–Trinajstić information content (AvgIpc) is 2.21.